The Bertz CT molecular complexity index is 309. The molecule has 4 nitrogen and oxygen atoms in total. The minimum absolute atomic E-state index is 0.210. The third-order valence-corrected chi connectivity index (χ3v) is 2.68. The van der Waals surface area contributed by atoms with Gasteiger partial charge in [0.1, 0.15) is 5.82 Å². The first-order valence-corrected chi connectivity index (χ1v) is 5.01. The van der Waals surface area contributed by atoms with E-state index < -0.39 is 0 Å². The van der Waals surface area contributed by atoms with Crippen LogP contribution in [0.3, 0.4) is 0 Å². The Kier molecular flexibility index (Phi) is 2.84. The molecule has 1 aliphatic rings. The Balaban J connectivity index is 2.13. The molecule has 0 fully saturated rings. The molecule has 0 aromatic carbocycles. The van der Waals surface area contributed by atoms with Crippen molar-refractivity contribution in [2.45, 2.75) is 31.9 Å². The second kappa shape index (κ2) is 4.11. The van der Waals surface area contributed by atoms with E-state index in [1.807, 2.05) is 6.20 Å². The monoisotopic (exact) mass is 196 g/mol. The summed E-state index contributed by atoms with van der Waals surface area (Å²) in [6, 6.07) is 0. The van der Waals surface area contributed by atoms with Crippen molar-refractivity contribution in [1.82, 2.24) is 9.55 Å². The first-order valence-electron chi connectivity index (χ1n) is 5.01. The highest BCUT2D eigenvalue weighted by Crippen LogP contribution is 2.17. The van der Waals surface area contributed by atoms with Crippen LogP contribution in [0.4, 0.5) is 0 Å². The molecule has 0 aliphatic carbocycles. The average molecular weight is 196 g/mol. The molecular weight excluding hydrogens is 180 g/mol. The van der Waals surface area contributed by atoms with Crippen molar-refractivity contribution >= 4 is 0 Å². The van der Waals surface area contributed by atoms with Crippen molar-refractivity contribution in [3.8, 4) is 0 Å². The third kappa shape index (κ3) is 1.81. The average Bonchev–Trinajstić information content (AvgIpc) is 2.57. The number of aliphatic hydroxyl groups is 1. The quantitative estimate of drug-likeness (QED) is 0.760. The summed E-state index contributed by atoms with van der Waals surface area (Å²) < 4.78 is 7.14. The van der Waals surface area contributed by atoms with E-state index in [0.29, 0.717) is 13.2 Å². The lowest BCUT2D eigenvalue weighted by molar-refractivity contribution is 0.128. The Hall–Kier alpha value is -0.870. The second-order valence-corrected chi connectivity index (χ2v) is 3.71. The van der Waals surface area contributed by atoms with E-state index in [1.165, 1.54) is 5.69 Å². The predicted octanol–water partition coefficient (Wildman–Crippen LogP) is 0.379. The fraction of sp³-hybridized carbons (Fsp3) is 0.700. The van der Waals surface area contributed by atoms with Gasteiger partial charge in [0, 0.05) is 25.4 Å². The van der Waals surface area contributed by atoms with E-state index in [1.54, 1.807) is 7.11 Å². The molecule has 1 aromatic heterocycles. The molecule has 78 valence electrons. The lowest BCUT2D eigenvalue weighted by Crippen LogP contribution is -2.25. The molecule has 1 aliphatic heterocycles. The van der Waals surface area contributed by atoms with Gasteiger partial charge in [0.05, 0.1) is 19.3 Å². The van der Waals surface area contributed by atoms with Crippen LogP contribution in [-0.2, 0) is 24.1 Å². The normalized spacial score (nSPS) is 20.9. The van der Waals surface area contributed by atoms with Gasteiger partial charge in [0.25, 0.3) is 0 Å². The van der Waals surface area contributed by atoms with Crippen LogP contribution in [0.25, 0.3) is 0 Å². The zero-order valence-corrected chi connectivity index (χ0v) is 8.44. The molecule has 4 heteroatoms. The van der Waals surface area contributed by atoms with Gasteiger partial charge >= 0.3 is 0 Å². The summed E-state index contributed by atoms with van der Waals surface area (Å²) in [6.45, 7) is 1.38. The van der Waals surface area contributed by atoms with Gasteiger partial charge in [-0.2, -0.15) is 0 Å². The molecule has 0 bridgehead atoms. The Morgan fingerprint density at radius 3 is 3.36 bits per heavy atom. The van der Waals surface area contributed by atoms with Crippen LogP contribution in [-0.4, -0.2) is 34.5 Å². The van der Waals surface area contributed by atoms with Gasteiger partial charge in [0.15, 0.2) is 0 Å². The van der Waals surface area contributed by atoms with Crippen molar-refractivity contribution in [3.63, 3.8) is 0 Å². The molecule has 14 heavy (non-hydrogen) atoms. The van der Waals surface area contributed by atoms with Gasteiger partial charge < -0.3 is 14.4 Å². The molecule has 0 amide bonds. The summed E-state index contributed by atoms with van der Waals surface area (Å²) >= 11 is 0. The topological polar surface area (TPSA) is 47.3 Å². The molecule has 1 unspecified atom stereocenters. The Morgan fingerprint density at radius 2 is 2.57 bits per heavy atom. The number of nitrogens with zero attached hydrogens (tertiary/aromatic N) is 2. The van der Waals surface area contributed by atoms with E-state index in [4.69, 9.17) is 4.74 Å². The molecule has 1 N–H and O–H groups in total. The van der Waals surface area contributed by atoms with Crippen molar-refractivity contribution in [1.29, 1.82) is 0 Å². The largest absolute Gasteiger partial charge is 0.391 e. The van der Waals surface area contributed by atoms with Crippen molar-refractivity contribution in [3.05, 3.63) is 17.7 Å². The minimum Gasteiger partial charge on any atom is -0.391 e. The van der Waals surface area contributed by atoms with Crippen LogP contribution in [0, 0.1) is 0 Å². The fourth-order valence-electron chi connectivity index (χ4n) is 1.89. The number of imidazole rings is 1. The van der Waals surface area contributed by atoms with Gasteiger partial charge in [-0.3, -0.25) is 0 Å². The Morgan fingerprint density at radius 1 is 1.71 bits per heavy atom. The molecule has 0 saturated carbocycles. The van der Waals surface area contributed by atoms with E-state index in [9.17, 15) is 5.11 Å². The van der Waals surface area contributed by atoms with Crippen LogP contribution < -0.4 is 0 Å². The first kappa shape index (κ1) is 9.68. The van der Waals surface area contributed by atoms with Gasteiger partial charge in [-0.25, -0.2) is 4.98 Å². The molecule has 2 rings (SSSR count). The first-order chi connectivity index (χ1) is 6.81. The summed E-state index contributed by atoms with van der Waals surface area (Å²) in [6.07, 6.45) is 4.31. The fourth-order valence-corrected chi connectivity index (χ4v) is 1.89. The maximum absolute atomic E-state index is 9.54. The summed E-state index contributed by atoms with van der Waals surface area (Å²) in [5, 5.41) is 9.54. The second-order valence-electron chi connectivity index (χ2n) is 3.71. The number of rotatable bonds is 3. The van der Waals surface area contributed by atoms with Crippen LogP contribution in [0.2, 0.25) is 0 Å². The maximum atomic E-state index is 9.54. The van der Waals surface area contributed by atoms with Crippen molar-refractivity contribution in [2.24, 2.45) is 0 Å². The molecule has 0 spiro atoms. The predicted molar refractivity (Wildman–Crippen MR) is 52.1 cm³/mol. The van der Waals surface area contributed by atoms with E-state index in [-0.39, 0.29) is 6.10 Å². The van der Waals surface area contributed by atoms with Crippen LogP contribution in [0.1, 0.15) is 17.9 Å². The summed E-state index contributed by atoms with van der Waals surface area (Å²) in [5.41, 5.74) is 1.24. The number of aliphatic hydroxyl groups excluding tert-OH is 1. The zero-order chi connectivity index (χ0) is 9.97. The van der Waals surface area contributed by atoms with E-state index in [2.05, 4.69) is 9.55 Å². The maximum Gasteiger partial charge on any atom is 0.111 e. The van der Waals surface area contributed by atoms with Gasteiger partial charge in [-0.15, -0.1) is 0 Å². The van der Waals surface area contributed by atoms with Crippen LogP contribution in [0.15, 0.2) is 6.20 Å². The van der Waals surface area contributed by atoms with Gasteiger partial charge in [0.2, 0.25) is 0 Å². The SMILES string of the molecule is COCCc1ncc2n1CC(O)CC2. The molecule has 1 atom stereocenters. The number of hydrogen-bond acceptors (Lipinski definition) is 3. The number of aryl methyl sites for hydroxylation is 1. The lowest BCUT2D eigenvalue weighted by atomic mass is 10.1. The number of ether oxygens (including phenoxy) is 1. The minimum atomic E-state index is -0.210. The Labute approximate surface area is 83.5 Å². The van der Waals surface area contributed by atoms with Crippen LogP contribution in [0.5, 0.6) is 0 Å². The lowest BCUT2D eigenvalue weighted by Gasteiger charge is -2.21. The number of aromatic nitrogens is 2. The highest BCUT2D eigenvalue weighted by molar-refractivity contribution is 5.09. The van der Waals surface area contributed by atoms with Crippen molar-refractivity contribution in [2.75, 3.05) is 13.7 Å². The smallest absolute Gasteiger partial charge is 0.111 e. The molecule has 2 heterocycles. The van der Waals surface area contributed by atoms with E-state index in [0.717, 1.165) is 25.1 Å². The van der Waals surface area contributed by atoms with Crippen molar-refractivity contribution < 1.29 is 9.84 Å². The third-order valence-electron chi connectivity index (χ3n) is 2.68. The highest BCUT2D eigenvalue weighted by atomic mass is 16.5. The number of hydrogen-bond donors (Lipinski definition) is 1. The summed E-state index contributed by atoms with van der Waals surface area (Å²) in [7, 11) is 1.69. The molecular formula is C10H16N2O2. The molecule has 1 aromatic rings. The highest BCUT2D eigenvalue weighted by Gasteiger charge is 2.18. The molecule has 0 radical (unpaired) electrons. The standard InChI is InChI=1S/C10H16N2O2/c1-14-5-4-10-11-6-8-2-3-9(13)7-12(8)10/h6,9,13H,2-5,7H2,1H3. The summed E-state index contributed by atoms with van der Waals surface area (Å²) in [4.78, 5) is 4.34. The number of fused-ring (bicyclic) bond motifs is 1. The van der Waals surface area contributed by atoms with Gasteiger partial charge in [-0.05, 0) is 12.8 Å². The summed E-state index contributed by atoms with van der Waals surface area (Å²) in [5.74, 6) is 1.03. The van der Waals surface area contributed by atoms with E-state index >= 15 is 0 Å². The van der Waals surface area contributed by atoms with Crippen LogP contribution >= 0.6 is 0 Å². The number of methoxy groups -OCH3 is 1. The molecule has 0 saturated heterocycles. The van der Waals surface area contributed by atoms with Gasteiger partial charge in [-0.1, -0.05) is 0 Å². The zero-order valence-electron chi connectivity index (χ0n) is 8.44.